The minimum Gasteiger partial charge on any atom is -0.469 e. The van der Waals surface area contributed by atoms with Crippen molar-refractivity contribution in [2.24, 2.45) is 0 Å². The van der Waals surface area contributed by atoms with Crippen molar-refractivity contribution in [2.75, 3.05) is 19.4 Å². The number of hydrogen-bond acceptors (Lipinski definition) is 4. The molecule has 4 nitrogen and oxygen atoms in total. The zero-order valence-electron chi connectivity index (χ0n) is 10.2. The standard InChI is InChI=1S/C12H13F2NO3S/c1-18-12(17)4-5-15-11(16)7-19-10-3-2-8(13)6-9(10)14/h2-3,6H,4-5,7H2,1H3,(H,15,16). The van der Waals surface area contributed by atoms with Crippen molar-refractivity contribution < 1.29 is 23.1 Å². The van der Waals surface area contributed by atoms with Crippen molar-refractivity contribution in [3.63, 3.8) is 0 Å². The molecule has 0 unspecified atom stereocenters. The van der Waals surface area contributed by atoms with Gasteiger partial charge in [-0.1, -0.05) is 0 Å². The Labute approximate surface area is 113 Å². The first-order valence-electron chi connectivity index (χ1n) is 5.44. The number of halogens is 2. The predicted octanol–water partition coefficient (Wildman–Crippen LogP) is 1.74. The first-order valence-corrected chi connectivity index (χ1v) is 6.43. The second-order valence-corrected chi connectivity index (χ2v) is 4.56. The van der Waals surface area contributed by atoms with E-state index < -0.39 is 17.6 Å². The highest BCUT2D eigenvalue weighted by Gasteiger charge is 2.08. The second-order valence-electron chi connectivity index (χ2n) is 3.54. The number of hydrogen-bond donors (Lipinski definition) is 1. The molecule has 1 aromatic rings. The molecule has 0 radical (unpaired) electrons. The van der Waals surface area contributed by atoms with Crippen molar-refractivity contribution in [3.05, 3.63) is 29.8 Å². The van der Waals surface area contributed by atoms with E-state index in [1.807, 2.05) is 0 Å². The van der Waals surface area contributed by atoms with Crippen molar-refractivity contribution >= 4 is 23.6 Å². The van der Waals surface area contributed by atoms with Crippen molar-refractivity contribution in [3.8, 4) is 0 Å². The molecule has 0 bridgehead atoms. The Morgan fingerprint density at radius 3 is 2.74 bits per heavy atom. The molecule has 0 aliphatic rings. The molecule has 0 aromatic heterocycles. The number of ether oxygens (including phenoxy) is 1. The van der Waals surface area contributed by atoms with E-state index in [-0.39, 0.29) is 29.5 Å². The van der Waals surface area contributed by atoms with Gasteiger partial charge < -0.3 is 10.1 Å². The van der Waals surface area contributed by atoms with Gasteiger partial charge in [0.25, 0.3) is 0 Å². The van der Waals surface area contributed by atoms with Crippen molar-refractivity contribution in [2.45, 2.75) is 11.3 Å². The molecule has 0 aliphatic heterocycles. The number of carbonyl (C=O) groups is 2. The van der Waals surface area contributed by atoms with E-state index in [4.69, 9.17) is 0 Å². The molecule has 1 N–H and O–H groups in total. The van der Waals surface area contributed by atoms with Crippen LogP contribution in [0.4, 0.5) is 8.78 Å². The van der Waals surface area contributed by atoms with Crippen molar-refractivity contribution in [1.82, 2.24) is 5.32 Å². The zero-order valence-corrected chi connectivity index (χ0v) is 11.1. The van der Waals surface area contributed by atoms with Crippen LogP contribution >= 0.6 is 11.8 Å². The maximum atomic E-state index is 13.3. The second kappa shape index (κ2) is 7.73. The van der Waals surface area contributed by atoms with Crippen LogP contribution in [0.1, 0.15) is 6.42 Å². The monoisotopic (exact) mass is 289 g/mol. The summed E-state index contributed by atoms with van der Waals surface area (Å²) in [5.74, 6) is -2.13. The molecule has 0 aliphatic carbocycles. The summed E-state index contributed by atoms with van der Waals surface area (Å²) in [6.07, 6.45) is 0.0812. The highest BCUT2D eigenvalue weighted by atomic mass is 32.2. The van der Waals surface area contributed by atoms with Crippen LogP contribution in [0.3, 0.4) is 0 Å². The van der Waals surface area contributed by atoms with Gasteiger partial charge in [0, 0.05) is 17.5 Å². The summed E-state index contributed by atoms with van der Waals surface area (Å²) in [7, 11) is 1.26. The Bertz CT molecular complexity index is 468. The SMILES string of the molecule is COC(=O)CCNC(=O)CSc1ccc(F)cc1F. The van der Waals surface area contributed by atoms with Gasteiger partial charge in [-0.25, -0.2) is 8.78 Å². The molecule has 0 saturated heterocycles. The summed E-state index contributed by atoms with van der Waals surface area (Å²) in [5, 5.41) is 2.49. The van der Waals surface area contributed by atoms with Gasteiger partial charge in [0.15, 0.2) is 0 Å². The highest BCUT2D eigenvalue weighted by Crippen LogP contribution is 2.21. The van der Waals surface area contributed by atoms with Crippen LogP contribution in [-0.2, 0) is 14.3 Å². The fourth-order valence-electron chi connectivity index (χ4n) is 1.19. The van der Waals surface area contributed by atoms with Gasteiger partial charge in [-0.15, -0.1) is 11.8 Å². The minimum atomic E-state index is -0.702. The lowest BCUT2D eigenvalue weighted by molar-refractivity contribution is -0.140. The molecular formula is C12H13F2NO3S. The summed E-state index contributed by atoms with van der Waals surface area (Å²) in [4.78, 5) is 22.4. The first kappa shape index (κ1) is 15.4. The van der Waals surface area contributed by atoms with E-state index in [1.165, 1.54) is 13.2 Å². The van der Waals surface area contributed by atoms with Crippen LogP contribution in [0.2, 0.25) is 0 Å². The van der Waals surface area contributed by atoms with Crippen LogP contribution in [0.5, 0.6) is 0 Å². The van der Waals surface area contributed by atoms with Gasteiger partial charge in [0.05, 0.1) is 19.3 Å². The Kier molecular flexibility index (Phi) is 6.27. The molecule has 1 aromatic carbocycles. The predicted molar refractivity (Wildman–Crippen MR) is 66.7 cm³/mol. The number of nitrogens with one attached hydrogen (secondary N) is 1. The Balaban J connectivity index is 2.32. The van der Waals surface area contributed by atoms with E-state index in [1.54, 1.807) is 0 Å². The lowest BCUT2D eigenvalue weighted by Gasteiger charge is -2.05. The summed E-state index contributed by atoms with van der Waals surface area (Å²) in [5.41, 5.74) is 0. The van der Waals surface area contributed by atoms with E-state index in [0.717, 1.165) is 23.9 Å². The third-order valence-corrected chi connectivity index (χ3v) is 3.18. The maximum absolute atomic E-state index is 13.3. The van der Waals surface area contributed by atoms with Crippen LogP contribution in [0, 0.1) is 11.6 Å². The number of methoxy groups -OCH3 is 1. The molecule has 7 heteroatoms. The largest absolute Gasteiger partial charge is 0.469 e. The smallest absolute Gasteiger partial charge is 0.307 e. The third kappa shape index (κ3) is 5.69. The molecule has 104 valence electrons. The average Bonchev–Trinajstić information content (AvgIpc) is 2.37. The molecule has 0 fully saturated rings. The third-order valence-electron chi connectivity index (χ3n) is 2.13. The number of thioether (sulfide) groups is 1. The summed E-state index contributed by atoms with van der Waals surface area (Å²) < 4.78 is 30.3. The molecule has 0 spiro atoms. The topological polar surface area (TPSA) is 55.4 Å². The normalized spacial score (nSPS) is 10.1. The number of rotatable bonds is 6. The van der Waals surface area contributed by atoms with Crippen LogP contribution in [-0.4, -0.2) is 31.3 Å². The van der Waals surface area contributed by atoms with Crippen LogP contribution < -0.4 is 5.32 Å². The lowest BCUT2D eigenvalue weighted by atomic mass is 10.3. The van der Waals surface area contributed by atoms with Gasteiger partial charge in [0.2, 0.25) is 5.91 Å². The quantitative estimate of drug-likeness (QED) is 0.640. The average molecular weight is 289 g/mol. The number of carbonyl (C=O) groups excluding carboxylic acids is 2. The lowest BCUT2D eigenvalue weighted by Crippen LogP contribution is -2.27. The molecule has 1 amide bonds. The van der Waals surface area contributed by atoms with Crippen LogP contribution in [0.15, 0.2) is 23.1 Å². The fourth-order valence-corrected chi connectivity index (χ4v) is 1.94. The highest BCUT2D eigenvalue weighted by molar-refractivity contribution is 8.00. The molecule has 0 saturated carbocycles. The zero-order chi connectivity index (χ0) is 14.3. The summed E-state index contributed by atoms with van der Waals surface area (Å²) >= 11 is 0.959. The van der Waals surface area contributed by atoms with Crippen molar-refractivity contribution in [1.29, 1.82) is 0 Å². The molecule has 0 heterocycles. The van der Waals surface area contributed by atoms with Gasteiger partial charge in [0.1, 0.15) is 11.6 Å². The van der Waals surface area contributed by atoms with E-state index in [2.05, 4.69) is 10.1 Å². The number of amides is 1. The molecular weight excluding hydrogens is 276 g/mol. The minimum absolute atomic E-state index is 0.0102. The van der Waals surface area contributed by atoms with E-state index >= 15 is 0 Å². The van der Waals surface area contributed by atoms with Gasteiger partial charge in [-0.2, -0.15) is 0 Å². The molecule has 19 heavy (non-hydrogen) atoms. The molecule has 1 rings (SSSR count). The van der Waals surface area contributed by atoms with Gasteiger partial charge >= 0.3 is 5.97 Å². The summed E-state index contributed by atoms with van der Waals surface area (Å²) in [6.45, 7) is 0.165. The summed E-state index contributed by atoms with van der Waals surface area (Å²) in [6, 6.07) is 3.16. The Morgan fingerprint density at radius 1 is 1.37 bits per heavy atom. The van der Waals surface area contributed by atoms with Gasteiger partial charge in [-0.3, -0.25) is 9.59 Å². The van der Waals surface area contributed by atoms with E-state index in [9.17, 15) is 18.4 Å². The Hall–Kier alpha value is -1.63. The fraction of sp³-hybridized carbons (Fsp3) is 0.333. The number of benzene rings is 1. The number of esters is 1. The Morgan fingerprint density at radius 2 is 2.11 bits per heavy atom. The molecule has 0 atom stereocenters. The van der Waals surface area contributed by atoms with Crippen LogP contribution in [0.25, 0.3) is 0 Å². The van der Waals surface area contributed by atoms with E-state index in [0.29, 0.717) is 0 Å². The first-order chi connectivity index (χ1) is 9.02. The van der Waals surface area contributed by atoms with Gasteiger partial charge in [-0.05, 0) is 12.1 Å². The maximum Gasteiger partial charge on any atom is 0.307 e.